The Balaban J connectivity index is 2.60. The number of nitrogens with zero attached hydrogens (tertiary/aromatic N) is 2. The molecule has 0 N–H and O–H groups in total. The summed E-state index contributed by atoms with van der Waals surface area (Å²) in [5.41, 5.74) is 0.477. The van der Waals surface area contributed by atoms with Gasteiger partial charge < -0.3 is 4.74 Å². The van der Waals surface area contributed by atoms with Crippen LogP contribution in [0.25, 0.3) is 5.69 Å². The number of ether oxygens (including phenoxy) is 1. The topological polar surface area (TPSA) is 61.2 Å². The molecule has 5 nitrogen and oxygen atoms in total. The van der Waals surface area contributed by atoms with Gasteiger partial charge in [-0.05, 0) is 12.1 Å². The zero-order chi connectivity index (χ0) is 15.4. The van der Waals surface area contributed by atoms with Crippen molar-refractivity contribution < 1.29 is 9.53 Å². The van der Waals surface area contributed by atoms with Crippen LogP contribution in [0.4, 0.5) is 0 Å². The van der Waals surface area contributed by atoms with Crippen molar-refractivity contribution in [1.82, 2.24) is 9.78 Å². The molecule has 2 rings (SSSR count). The first kappa shape index (κ1) is 15.3. The predicted molar refractivity (Wildman–Crippen MR) is 82.2 cm³/mol. The summed E-state index contributed by atoms with van der Waals surface area (Å²) in [5, 5.41) is 4.40. The number of carbonyl (C=O) groups is 1. The molecule has 1 aromatic heterocycles. The van der Waals surface area contributed by atoms with Crippen molar-refractivity contribution in [2.24, 2.45) is 0 Å². The molecule has 0 atom stereocenters. The van der Waals surface area contributed by atoms with Crippen LogP contribution < -0.4 is 5.56 Å². The van der Waals surface area contributed by atoms with Gasteiger partial charge in [0.1, 0.15) is 0 Å². The zero-order valence-corrected chi connectivity index (χ0v) is 12.9. The number of para-hydroxylation sites is 1. The Morgan fingerprint density at radius 2 is 1.95 bits per heavy atom. The number of methoxy groups -OCH3 is 1. The van der Waals surface area contributed by atoms with Crippen molar-refractivity contribution in [3.63, 3.8) is 0 Å². The molecule has 0 amide bonds. The summed E-state index contributed by atoms with van der Waals surface area (Å²) in [7, 11) is 1.30. The highest BCUT2D eigenvalue weighted by molar-refractivity contribution is 8.00. The largest absolute Gasteiger partial charge is 0.464 e. The van der Waals surface area contributed by atoms with E-state index in [1.54, 1.807) is 24.3 Å². The van der Waals surface area contributed by atoms with Crippen LogP contribution in [0, 0.1) is 0 Å². The summed E-state index contributed by atoms with van der Waals surface area (Å²) in [5.74, 6) is -0.553. The Bertz CT molecular complexity index is 696. The Hall–Kier alpha value is -2.08. The van der Waals surface area contributed by atoms with Crippen LogP contribution in [0.15, 0.2) is 46.1 Å². The van der Waals surface area contributed by atoms with Crippen molar-refractivity contribution >= 4 is 17.7 Å². The van der Waals surface area contributed by atoms with E-state index in [4.69, 9.17) is 4.74 Å². The van der Waals surface area contributed by atoms with Gasteiger partial charge in [0.05, 0.1) is 12.8 Å². The van der Waals surface area contributed by atoms with E-state index in [1.165, 1.54) is 29.6 Å². The SMILES string of the molecule is COC(=O)c1nn(-c2ccccc2)c(=O)cc1SC(C)C. The minimum absolute atomic E-state index is 0.152. The molecule has 0 fully saturated rings. The van der Waals surface area contributed by atoms with Crippen LogP contribution in [0.5, 0.6) is 0 Å². The monoisotopic (exact) mass is 304 g/mol. The molecule has 1 aromatic carbocycles. The van der Waals surface area contributed by atoms with Crippen LogP contribution in [-0.4, -0.2) is 28.1 Å². The molecular weight excluding hydrogens is 288 g/mol. The summed E-state index contributed by atoms with van der Waals surface area (Å²) in [4.78, 5) is 24.7. The van der Waals surface area contributed by atoms with E-state index in [0.29, 0.717) is 10.6 Å². The number of hydrogen-bond acceptors (Lipinski definition) is 5. The minimum Gasteiger partial charge on any atom is -0.464 e. The van der Waals surface area contributed by atoms with E-state index >= 15 is 0 Å². The van der Waals surface area contributed by atoms with Gasteiger partial charge in [-0.3, -0.25) is 4.79 Å². The quantitative estimate of drug-likeness (QED) is 0.641. The molecule has 0 saturated carbocycles. The Morgan fingerprint density at radius 3 is 2.52 bits per heavy atom. The second kappa shape index (κ2) is 6.58. The Kier molecular flexibility index (Phi) is 4.80. The first-order valence-electron chi connectivity index (χ1n) is 6.47. The predicted octanol–water partition coefficient (Wildman–Crippen LogP) is 2.52. The van der Waals surface area contributed by atoms with E-state index < -0.39 is 5.97 Å². The maximum absolute atomic E-state index is 12.2. The highest BCUT2D eigenvalue weighted by Crippen LogP contribution is 2.25. The van der Waals surface area contributed by atoms with Crippen LogP contribution in [0.3, 0.4) is 0 Å². The lowest BCUT2D eigenvalue weighted by atomic mass is 10.3. The second-order valence-corrected chi connectivity index (χ2v) is 6.22. The number of aromatic nitrogens is 2. The van der Waals surface area contributed by atoms with Gasteiger partial charge in [0.2, 0.25) is 0 Å². The molecule has 6 heteroatoms. The first-order valence-corrected chi connectivity index (χ1v) is 7.35. The highest BCUT2D eigenvalue weighted by atomic mass is 32.2. The molecule has 110 valence electrons. The molecule has 0 bridgehead atoms. The van der Waals surface area contributed by atoms with E-state index in [9.17, 15) is 9.59 Å². The molecule has 21 heavy (non-hydrogen) atoms. The third kappa shape index (κ3) is 3.52. The summed E-state index contributed by atoms with van der Waals surface area (Å²) >= 11 is 1.41. The van der Waals surface area contributed by atoms with E-state index in [0.717, 1.165) is 0 Å². The molecule has 0 aliphatic carbocycles. The van der Waals surface area contributed by atoms with Crippen molar-refractivity contribution in [2.75, 3.05) is 7.11 Å². The molecule has 0 aliphatic rings. The first-order chi connectivity index (χ1) is 10.0. The van der Waals surface area contributed by atoms with E-state index in [-0.39, 0.29) is 16.5 Å². The van der Waals surface area contributed by atoms with Gasteiger partial charge in [0, 0.05) is 16.2 Å². The van der Waals surface area contributed by atoms with Gasteiger partial charge in [-0.2, -0.15) is 9.78 Å². The molecule has 2 aromatic rings. The van der Waals surface area contributed by atoms with Crippen molar-refractivity contribution in [3.8, 4) is 5.69 Å². The van der Waals surface area contributed by atoms with E-state index in [1.807, 2.05) is 19.9 Å². The third-order valence-electron chi connectivity index (χ3n) is 2.64. The standard InChI is InChI=1S/C15H16N2O3S/c1-10(2)21-12-9-13(18)17(11-7-5-4-6-8-11)16-14(12)15(19)20-3/h4-10H,1-3H3. The summed E-state index contributed by atoms with van der Waals surface area (Å²) < 4.78 is 5.96. The van der Waals surface area contributed by atoms with Crippen molar-refractivity contribution in [2.45, 2.75) is 24.0 Å². The molecule has 0 saturated heterocycles. The fourth-order valence-electron chi connectivity index (χ4n) is 1.78. The normalized spacial score (nSPS) is 10.7. The number of benzene rings is 1. The highest BCUT2D eigenvalue weighted by Gasteiger charge is 2.18. The average molecular weight is 304 g/mol. The number of rotatable bonds is 4. The summed E-state index contributed by atoms with van der Waals surface area (Å²) in [6.45, 7) is 3.96. The number of thioether (sulfide) groups is 1. The van der Waals surface area contributed by atoms with Gasteiger partial charge in [0.15, 0.2) is 5.69 Å². The smallest absolute Gasteiger partial charge is 0.359 e. The van der Waals surface area contributed by atoms with E-state index in [2.05, 4.69) is 5.10 Å². The Morgan fingerprint density at radius 1 is 1.29 bits per heavy atom. The molecule has 0 spiro atoms. The minimum atomic E-state index is -0.553. The maximum atomic E-state index is 12.2. The lowest BCUT2D eigenvalue weighted by Crippen LogP contribution is -2.24. The number of carbonyl (C=O) groups excluding carboxylic acids is 1. The van der Waals surface area contributed by atoms with Gasteiger partial charge in [-0.1, -0.05) is 32.0 Å². The fourth-order valence-corrected chi connectivity index (χ4v) is 2.69. The summed E-state index contributed by atoms with van der Waals surface area (Å²) in [6.07, 6.45) is 0. The fraction of sp³-hybridized carbons (Fsp3) is 0.267. The lowest BCUT2D eigenvalue weighted by Gasteiger charge is -2.11. The molecule has 0 aliphatic heterocycles. The number of esters is 1. The van der Waals surface area contributed by atoms with Gasteiger partial charge in [-0.25, -0.2) is 4.79 Å². The van der Waals surface area contributed by atoms with Crippen molar-refractivity contribution in [3.05, 3.63) is 52.4 Å². The van der Waals surface area contributed by atoms with Crippen LogP contribution in [-0.2, 0) is 4.74 Å². The second-order valence-electron chi connectivity index (χ2n) is 4.60. The van der Waals surface area contributed by atoms with Gasteiger partial charge >= 0.3 is 5.97 Å². The van der Waals surface area contributed by atoms with Crippen molar-refractivity contribution in [1.29, 1.82) is 0 Å². The molecule has 0 radical (unpaired) electrons. The van der Waals surface area contributed by atoms with Crippen LogP contribution in [0.2, 0.25) is 0 Å². The third-order valence-corrected chi connectivity index (χ3v) is 3.68. The lowest BCUT2D eigenvalue weighted by molar-refractivity contribution is 0.0587. The Labute approximate surface area is 126 Å². The average Bonchev–Trinajstić information content (AvgIpc) is 2.47. The van der Waals surface area contributed by atoms with Gasteiger partial charge in [-0.15, -0.1) is 11.8 Å². The number of hydrogen-bond donors (Lipinski definition) is 0. The van der Waals surface area contributed by atoms with Gasteiger partial charge in [0.25, 0.3) is 5.56 Å². The summed E-state index contributed by atoms with van der Waals surface area (Å²) in [6, 6.07) is 10.4. The van der Waals surface area contributed by atoms with Crippen LogP contribution >= 0.6 is 11.8 Å². The molecule has 0 unspecified atom stereocenters. The zero-order valence-electron chi connectivity index (χ0n) is 12.1. The molecular formula is C15H16N2O3S. The van der Waals surface area contributed by atoms with Crippen LogP contribution in [0.1, 0.15) is 24.3 Å². The molecule has 1 heterocycles. The maximum Gasteiger partial charge on any atom is 0.359 e.